The van der Waals surface area contributed by atoms with Crippen LogP contribution in [0.1, 0.15) is 25.7 Å². The molecular weight excluding hydrogens is 202 g/mol. The lowest BCUT2D eigenvalue weighted by atomic mass is 9.87. The van der Waals surface area contributed by atoms with Gasteiger partial charge in [0.2, 0.25) is 0 Å². The number of rotatable bonds is 1. The van der Waals surface area contributed by atoms with Gasteiger partial charge in [0.25, 0.3) is 0 Å². The molecule has 0 atom stereocenters. The van der Waals surface area contributed by atoms with Crippen LogP contribution < -0.4 is 5.73 Å². The highest BCUT2D eigenvalue weighted by Gasteiger charge is 2.46. The van der Waals surface area contributed by atoms with Gasteiger partial charge in [0.05, 0.1) is 13.2 Å². The summed E-state index contributed by atoms with van der Waals surface area (Å²) in [4.78, 5) is 10.4. The lowest BCUT2D eigenvalue weighted by Gasteiger charge is -2.39. The smallest absolute Gasteiger partial charge is 0.450 e. The number of ether oxygens (including phenoxy) is 3. The lowest BCUT2D eigenvalue weighted by Crippen LogP contribution is -2.51. The molecule has 0 aromatic heterocycles. The van der Waals surface area contributed by atoms with E-state index in [1.165, 1.54) is 0 Å². The summed E-state index contributed by atoms with van der Waals surface area (Å²) >= 11 is 0. The maximum Gasteiger partial charge on any atom is 0.507 e. The Morgan fingerprint density at radius 3 is 2.20 bits per heavy atom. The van der Waals surface area contributed by atoms with Gasteiger partial charge in [-0.3, -0.25) is 5.73 Å². The van der Waals surface area contributed by atoms with Gasteiger partial charge < -0.3 is 19.3 Å². The Kier molecular flexibility index (Phi) is 2.57. The molecule has 0 aromatic rings. The molecule has 1 spiro atoms. The zero-order valence-corrected chi connectivity index (χ0v) is 8.40. The molecule has 15 heavy (non-hydrogen) atoms. The monoisotopic (exact) mass is 217 g/mol. The van der Waals surface area contributed by atoms with E-state index in [9.17, 15) is 4.79 Å². The molecule has 0 bridgehead atoms. The van der Waals surface area contributed by atoms with Crippen LogP contribution in [0.4, 0.5) is 4.79 Å². The van der Waals surface area contributed by atoms with Gasteiger partial charge in [-0.15, -0.1) is 0 Å². The quantitative estimate of drug-likeness (QED) is 0.495. The van der Waals surface area contributed by atoms with Crippen molar-refractivity contribution in [3.63, 3.8) is 0 Å². The van der Waals surface area contributed by atoms with Crippen LogP contribution >= 0.6 is 0 Å². The summed E-state index contributed by atoms with van der Waals surface area (Å²) in [5.74, 6) is -0.537. The Morgan fingerprint density at radius 1 is 1.20 bits per heavy atom. The van der Waals surface area contributed by atoms with Crippen LogP contribution in [0, 0.1) is 0 Å². The highest BCUT2D eigenvalue weighted by molar-refractivity contribution is 5.57. The Balaban J connectivity index is 1.93. The van der Waals surface area contributed by atoms with E-state index < -0.39 is 17.7 Å². The summed E-state index contributed by atoms with van der Waals surface area (Å²) in [7, 11) is 0. The molecule has 1 aliphatic carbocycles. The minimum Gasteiger partial charge on any atom is -0.450 e. The predicted octanol–water partition coefficient (Wildman–Crippen LogP) is 0.653. The van der Waals surface area contributed by atoms with Gasteiger partial charge in [0.15, 0.2) is 11.5 Å². The predicted molar refractivity (Wildman–Crippen MR) is 49.1 cm³/mol. The largest absolute Gasteiger partial charge is 0.507 e. The average Bonchev–Trinajstić information content (AvgIpc) is 2.59. The topological polar surface area (TPSA) is 91.0 Å². The van der Waals surface area contributed by atoms with E-state index in [-0.39, 0.29) is 0 Å². The summed E-state index contributed by atoms with van der Waals surface area (Å²) in [6.07, 6.45) is 0.688. The third kappa shape index (κ3) is 2.22. The molecule has 1 saturated heterocycles. The Bertz CT molecular complexity index is 251. The fourth-order valence-electron chi connectivity index (χ4n) is 2.12. The van der Waals surface area contributed by atoms with E-state index in [0.717, 1.165) is 0 Å². The maximum atomic E-state index is 10.4. The number of hydrogen-bond donors (Lipinski definition) is 2. The zero-order valence-electron chi connectivity index (χ0n) is 8.40. The molecule has 2 fully saturated rings. The molecule has 1 saturated carbocycles. The van der Waals surface area contributed by atoms with Crippen molar-refractivity contribution in [1.82, 2.24) is 0 Å². The second-order valence-corrected chi connectivity index (χ2v) is 4.04. The van der Waals surface area contributed by atoms with Gasteiger partial charge in [-0.2, -0.15) is 0 Å². The van der Waals surface area contributed by atoms with Crippen LogP contribution in [0.25, 0.3) is 0 Å². The third-order valence-electron chi connectivity index (χ3n) is 2.96. The van der Waals surface area contributed by atoms with E-state index >= 15 is 0 Å². The van der Waals surface area contributed by atoms with Crippen molar-refractivity contribution in [2.45, 2.75) is 37.2 Å². The summed E-state index contributed by atoms with van der Waals surface area (Å²) in [5, 5.41) is 8.52. The van der Waals surface area contributed by atoms with Crippen LogP contribution in [0.2, 0.25) is 0 Å². The van der Waals surface area contributed by atoms with Gasteiger partial charge in [-0.05, 0) is 0 Å². The number of hydrogen-bond acceptors (Lipinski definition) is 5. The number of nitrogens with two attached hydrogens (primary N) is 1. The van der Waals surface area contributed by atoms with E-state index in [1.54, 1.807) is 0 Å². The highest BCUT2D eigenvalue weighted by atomic mass is 16.7. The average molecular weight is 217 g/mol. The maximum absolute atomic E-state index is 10.4. The minimum absolute atomic E-state index is 0.430. The van der Waals surface area contributed by atoms with Gasteiger partial charge in [0, 0.05) is 25.7 Å². The van der Waals surface area contributed by atoms with Crippen LogP contribution in [0.15, 0.2) is 0 Å². The van der Waals surface area contributed by atoms with Crippen LogP contribution in [-0.4, -0.2) is 36.0 Å². The van der Waals surface area contributed by atoms with Crippen LogP contribution in [-0.2, 0) is 14.2 Å². The lowest BCUT2D eigenvalue weighted by molar-refractivity contribution is -0.203. The Hall–Kier alpha value is -0.850. The second-order valence-electron chi connectivity index (χ2n) is 4.04. The Labute approximate surface area is 87.3 Å². The standard InChI is InChI=1S/C9H15NO5/c10-8(15-7(11)12)1-3-9(4-2-8)13-5-6-14-9/h1-6,10H2,(H,11,12). The molecule has 86 valence electrons. The molecule has 1 heterocycles. The molecule has 2 rings (SSSR count). The summed E-state index contributed by atoms with van der Waals surface area (Å²) in [5.41, 5.74) is 4.72. The van der Waals surface area contributed by atoms with Gasteiger partial charge in [-0.25, -0.2) is 4.79 Å². The first kappa shape index (κ1) is 10.7. The van der Waals surface area contributed by atoms with Crippen LogP contribution in [0.5, 0.6) is 0 Å². The fraction of sp³-hybridized carbons (Fsp3) is 0.889. The van der Waals surface area contributed by atoms with Crippen molar-refractivity contribution in [2.24, 2.45) is 5.73 Å². The molecular formula is C9H15NO5. The molecule has 0 aromatic carbocycles. The molecule has 0 unspecified atom stereocenters. The molecule has 6 nitrogen and oxygen atoms in total. The molecule has 3 N–H and O–H groups in total. The number of carbonyl (C=O) groups is 1. The van der Waals surface area contributed by atoms with E-state index in [4.69, 9.17) is 20.3 Å². The van der Waals surface area contributed by atoms with Gasteiger partial charge >= 0.3 is 6.16 Å². The first-order chi connectivity index (χ1) is 7.04. The zero-order chi connectivity index (χ0) is 10.9. The van der Waals surface area contributed by atoms with E-state index in [2.05, 4.69) is 4.74 Å². The molecule has 6 heteroatoms. The molecule has 0 radical (unpaired) electrons. The molecule has 0 amide bonds. The first-order valence-corrected chi connectivity index (χ1v) is 5.02. The third-order valence-corrected chi connectivity index (χ3v) is 2.96. The SMILES string of the molecule is NC1(OC(=O)O)CCC2(CC1)OCCO2. The number of carboxylic acid groups (broad SMARTS) is 1. The Morgan fingerprint density at radius 2 is 1.73 bits per heavy atom. The van der Waals surface area contributed by atoms with Crippen molar-refractivity contribution < 1.29 is 24.1 Å². The van der Waals surface area contributed by atoms with Crippen LogP contribution in [0.3, 0.4) is 0 Å². The minimum atomic E-state index is -1.33. The van der Waals surface area contributed by atoms with Crippen molar-refractivity contribution in [1.29, 1.82) is 0 Å². The molecule has 2 aliphatic rings. The molecule has 1 aliphatic heterocycles. The first-order valence-electron chi connectivity index (χ1n) is 5.02. The summed E-state index contributed by atoms with van der Waals surface area (Å²) in [6.45, 7) is 1.19. The summed E-state index contributed by atoms with van der Waals surface area (Å²) < 4.78 is 15.7. The van der Waals surface area contributed by atoms with E-state index in [0.29, 0.717) is 38.9 Å². The van der Waals surface area contributed by atoms with Gasteiger partial charge in [0.1, 0.15) is 0 Å². The van der Waals surface area contributed by atoms with Crippen molar-refractivity contribution >= 4 is 6.16 Å². The van der Waals surface area contributed by atoms with Crippen molar-refractivity contribution in [3.05, 3.63) is 0 Å². The van der Waals surface area contributed by atoms with Gasteiger partial charge in [-0.1, -0.05) is 0 Å². The summed E-state index contributed by atoms with van der Waals surface area (Å²) in [6, 6.07) is 0. The van der Waals surface area contributed by atoms with Crippen molar-refractivity contribution in [2.75, 3.05) is 13.2 Å². The normalized spacial score (nSPS) is 27.8. The highest BCUT2D eigenvalue weighted by Crippen LogP contribution is 2.39. The second kappa shape index (κ2) is 3.62. The fourth-order valence-corrected chi connectivity index (χ4v) is 2.12. The van der Waals surface area contributed by atoms with E-state index in [1.807, 2.05) is 0 Å². The van der Waals surface area contributed by atoms with Crippen molar-refractivity contribution in [3.8, 4) is 0 Å².